The third kappa shape index (κ3) is 4.26. The van der Waals surface area contributed by atoms with Crippen LogP contribution in [0.3, 0.4) is 0 Å². The topological polar surface area (TPSA) is 33.0 Å². The lowest BCUT2D eigenvalue weighted by atomic mass is 9.96. The Morgan fingerprint density at radius 1 is 1.05 bits per heavy atom. The van der Waals surface area contributed by atoms with E-state index >= 15 is 0 Å². The largest absolute Gasteiger partial charge is 0.493 e. The van der Waals surface area contributed by atoms with Crippen molar-refractivity contribution < 1.29 is 17.9 Å². The molecule has 2 aromatic carbocycles. The van der Waals surface area contributed by atoms with Gasteiger partial charge in [-0.2, -0.15) is 5.26 Å². The summed E-state index contributed by atoms with van der Waals surface area (Å²) in [5.74, 6) is -2.46. The van der Waals surface area contributed by atoms with Crippen molar-refractivity contribution in [3.8, 4) is 11.8 Å². The number of nitrogens with zero attached hydrogens (tertiary/aromatic N) is 1. The lowest BCUT2D eigenvalue weighted by Gasteiger charge is -2.10. The Labute approximate surface area is 126 Å². The molecule has 2 aromatic rings. The predicted octanol–water partition coefficient (Wildman–Crippen LogP) is 4.57. The van der Waals surface area contributed by atoms with Gasteiger partial charge in [-0.1, -0.05) is 12.1 Å². The SMILES string of the molecule is N#CC(CCCOc1ccc(F)c(F)c1)c1cccc(F)c1. The van der Waals surface area contributed by atoms with E-state index < -0.39 is 17.6 Å². The molecule has 22 heavy (non-hydrogen) atoms. The minimum absolute atomic E-state index is 0.234. The van der Waals surface area contributed by atoms with Gasteiger partial charge in [-0.15, -0.1) is 0 Å². The molecule has 0 aliphatic heterocycles. The molecule has 0 heterocycles. The summed E-state index contributed by atoms with van der Waals surface area (Å²) in [5, 5.41) is 9.15. The van der Waals surface area contributed by atoms with Gasteiger partial charge in [-0.3, -0.25) is 0 Å². The molecule has 2 rings (SSSR count). The summed E-state index contributed by atoms with van der Waals surface area (Å²) in [4.78, 5) is 0. The maximum absolute atomic E-state index is 13.1. The van der Waals surface area contributed by atoms with E-state index in [4.69, 9.17) is 10.00 Å². The average Bonchev–Trinajstić information content (AvgIpc) is 2.51. The molecule has 5 heteroatoms. The van der Waals surface area contributed by atoms with E-state index in [2.05, 4.69) is 6.07 Å². The molecule has 0 aromatic heterocycles. The fraction of sp³-hybridized carbons (Fsp3) is 0.235. The van der Waals surface area contributed by atoms with Crippen LogP contribution in [0.5, 0.6) is 5.75 Å². The third-order valence-corrected chi connectivity index (χ3v) is 3.20. The molecular formula is C17H14F3NO. The first-order chi connectivity index (χ1) is 10.6. The second kappa shape index (κ2) is 7.51. The summed E-state index contributed by atoms with van der Waals surface area (Å²) in [7, 11) is 0. The Bertz CT molecular complexity index is 682. The number of hydrogen-bond donors (Lipinski definition) is 0. The molecule has 0 saturated heterocycles. The van der Waals surface area contributed by atoms with Crippen LogP contribution < -0.4 is 4.74 Å². The fourth-order valence-corrected chi connectivity index (χ4v) is 2.07. The van der Waals surface area contributed by atoms with Gasteiger partial charge in [0.15, 0.2) is 11.6 Å². The van der Waals surface area contributed by atoms with Crippen LogP contribution in [0.15, 0.2) is 42.5 Å². The smallest absolute Gasteiger partial charge is 0.162 e. The van der Waals surface area contributed by atoms with Crippen molar-refractivity contribution in [2.24, 2.45) is 0 Å². The second-order valence-corrected chi connectivity index (χ2v) is 4.80. The highest BCUT2D eigenvalue weighted by atomic mass is 19.2. The van der Waals surface area contributed by atoms with Gasteiger partial charge < -0.3 is 4.74 Å². The predicted molar refractivity (Wildman–Crippen MR) is 75.8 cm³/mol. The van der Waals surface area contributed by atoms with Gasteiger partial charge in [-0.25, -0.2) is 13.2 Å². The Morgan fingerprint density at radius 2 is 1.86 bits per heavy atom. The van der Waals surface area contributed by atoms with Crippen LogP contribution in [0.25, 0.3) is 0 Å². The molecular weight excluding hydrogens is 291 g/mol. The van der Waals surface area contributed by atoms with Crippen LogP contribution >= 0.6 is 0 Å². The molecule has 0 radical (unpaired) electrons. The van der Waals surface area contributed by atoms with Gasteiger partial charge in [0.25, 0.3) is 0 Å². The first-order valence-electron chi connectivity index (χ1n) is 6.83. The van der Waals surface area contributed by atoms with Gasteiger partial charge in [0, 0.05) is 6.07 Å². The molecule has 1 atom stereocenters. The zero-order chi connectivity index (χ0) is 15.9. The van der Waals surface area contributed by atoms with E-state index in [1.54, 1.807) is 12.1 Å². The minimum atomic E-state index is -0.966. The molecule has 0 saturated carbocycles. The maximum Gasteiger partial charge on any atom is 0.162 e. The van der Waals surface area contributed by atoms with Crippen molar-refractivity contribution in [2.75, 3.05) is 6.61 Å². The van der Waals surface area contributed by atoms with Crippen LogP contribution in [-0.4, -0.2) is 6.61 Å². The number of ether oxygens (including phenoxy) is 1. The summed E-state index contributed by atoms with van der Waals surface area (Å²) in [6.45, 7) is 0.262. The van der Waals surface area contributed by atoms with Crippen molar-refractivity contribution in [3.63, 3.8) is 0 Å². The molecule has 114 valence electrons. The zero-order valence-corrected chi connectivity index (χ0v) is 11.7. The zero-order valence-electron chi connectivity index (χ0n) is 11.7. The highest BCUT2D eigenvalue weighted by Crippen LogP contribution is 2.22. The molecule has 1 unspecified atom stereocenters. The van der Waals surface area contributed by atoms with Gasteiger partial charge in [0.2, 0.25) is 0 Å². The lowest BCUT2D eigenvalue weighted by molar-refractivity contribution is 0.302. The monoisotopic (exact) mass is 305 g/mol. The van der Waals surface area contributed by atoms with E-state index in [1.807, 2.05) is 0 Å². The number of rotatable bonds is 6. The minimum Gasteiger partial charge on any atom is -0.493 e. The number of halogens is 3. The molecule has 0 aliphatic carbocycles. The number of benzene rings is 2. The summed E-state index contributed by atoms with van der Waals surface area (Å²) < 4.78 is 44.2. The first-order valence-corrected chi connectivity index (χ1v) is 6.83. The third-order valence-electron chi connectivity index (χ3n) is 3.20. The summed E-state index contributed by atoms with van der Waals surface area (Å²) >= 11 is 0. The van der Waals surface area contributed by atoms with E-state index in [1.165, 1.54) is 18.2 Å². The van der Waals surface area contributed by atoms with Crippen molar-refractivity contribution in [2.45, 2.75) is 18.8 Å². The van der Waals surface area contributed by atoms with E-state index in [-0.39, 0.29) is 18.2 Å². The molecule has 0 bridgehead atoms. The molecule has 0 aliphatic rings. The van der Waals surface area contributed by atoms with Crippen LogP contribution in [0, 0.1) is 28.8 Å². The second-order valence-electron chi connectivity index (χ2n) is 4.80. The average molecular weight is 305 g/mol. The molecule has 0 fully saturated rings. The number of nitriles is 1. The van der Waals surface area contributed by atoms with Crippen molar-refractivity contribution in [3.05, 3.63) is 65.5 Å². The van der Waals surface area contributed by atoms with E-state index in [9.17, 15) is 13.2 Å². The summed E-state index contributed by atoms with van der Waals surface area (Å²) in [6.07, 6.45) is 1.03. The Morgan fingerprint density at radius 3 is 2.55 bits per heavy atom. The van der Waals surface area contributed by atoms with Gasteiger partial charge in [-0.05, 0) is 42.7 Å². The van der Waals surface area contributed by atoms with Crippen LogP contribution in [0.1, 0.15) is 24.3 Å². The van der Waals surface area contributed by atoms with Crippen molar-refractivity contribution in [1.82, 2.24) is 0 Å². The van der Waals surface area contributed by atoms with Crippen LogP contribution in [0.2, 0.25) is 0 Å². The Balaban J connectivity index is 1.84. The van der Waals surface area contributed by atoms with E-state index in [0.29, 0.717) is 18.4 Å². The normalized spacial score (nSPS) is 11.7. The first kappa shape index (κ1) is 15.9. The standard InChI is InChI=1S/C17H14F3NO/c18-14-5-1-3-12(9-14)13(11-21)4-2-8-22-15-6-7-16(19)17(20)10-15/h1,3,5-7,9-10,13H,2,4,8H2. The summed E-state index contributed by atoms with van der Waals surface area (Å²) in [5.41, 5.74) is 0.621. The van der Waals surface area contributed by atoms with Crippen LogP contribution in [-0.2, 0) is 0 Å². The van der Waals surface area contributed by atoms with Gasteiger partial charge in [0.05, 0.1) is 18.6 Å². The maximum atomic E-state index is 13.1. The van der Waals surface area contributed by atoms with Crippen LogP contribution in [0.4, 0.5) is 13.2 Å². The molecule has 0 spiro atoms. The fourth-order valence-electron chi connectivity index (χ4n) is 2.07. The Kier molecular flexibility index (Phi) is 5.42. The lowest BCUT2D eigenvalue weighted by Crippen LogP contribution is -2.02. The molecule has 2 nitrogen and oxygen atoms in total. The van der Waals surface area contributed by atoms with Crippen molar-refractivity contribution in [1.29, 1.82) is 5.26 Å². The highest BCUT2D eigenvalue weighted by molar-refractivity contribution is 5.25. The number of hydrogen-bond acceptors (Lipinski definition) is 2. The Hall–Kier alpha value is -2.48. The van der Waals surface area contributed by atoms with Gasteiger partial charge in [0.1, 0.15) is 11.6 Å². The quantitative estimate of drug-likeness (QED) is 0.732. The summed E-state index contributed by atoms with van der Waals surface area (Å²) in [6, 6.07) is 11.4. The highest BCUT2D eigenvalue weighted by Gasteiger charge is 2.11. The molecule has 0 amide bonds. The molecule has 0 N–H and O–H groups in total. The van der Waals surface area contributed by atoms with E-state index in [0.717, 1.165) is 12.1 Å². The van der Waals surface area contributed by atoms with Crippen molar-refractivity contribution >= 4 is 0 Å². The van der Waals surface area contributed by atoms with Gasteiger partial charge >= 0.3 is 0 Å².